The fourth-order valence-electron chi connectivity index (χ4n) is 1.65. The van der Waals surface area contributed by atoms with Crippen LogP contribution in [0.15, 0.2) is 18.2 Å². The first-order chi connectivity index (χ1) is 8.93. The summed E-state index contributed by atoms with van der Waals surface area (Å²) in [6.45, 7) is 1.60. The Balaban J connectivity index is 2.67. The molecule has 1 aromatic carbocycles. The molecule has 1 rings (SSSR count). The largest absolute Gasteiger partial charge is 0.497 e. The molecule has 0 spiro atoms. The number of carbonyl (C=O) groups excluding carboxylic acids is 1. The van der Waals surface area contributed by atoms with Gasteiger partial charge < -0.3 is 20.3 Å². The van der Waals surface area contributed by atoms with Crippen LogP contribution in [0, 0.1) is 5.82 Å². The van der Waals surface area contributed by atoms with Gasteiger partial charge in [0.1, 0.15) is 17.7 Å². The van der Waals surface area contributed by atoms with E-state index in [4.69, 9.17) is 4.74 Å². The molecule has 0 aliphatic heterocycles. The van der Waals surface area contributed by atoms with E-state index >= 15 is 0 Å². The highest BCUT2D eigenvalue weighted by atomic mass is 19.1. The lowest BCUT2D eigenvalue weighted by atomic mass is 10.0. The van der Waals surface area contributed by atoms with Gasteiger partial charge in [0, 0.05) is 19.5 Å². The Morgan fingerprint density at radius 3 is 2.68 bits per heavy atom. The molecule has 0 aliphatic rings. The number of carbonyl (C=O) groups is 1. The average Bonchev–Trinajstić information content (AvgIpc) is 2.36. The molecule has 6 heteroatoms. The minimum atomic E-state index is -1.24. The smallest absolute Gasteiger partial charge is 0.216 e. The summed E-state index contributed by atoms with van der Waals surface area (Å²) >= 11 is 0. The Morgan fingerprint density at radius 1 is 1.42 bits per heavy atom. The number of nitrogens with one attached hydrogen (secondary N) is 1. The number of rotatable bonds is 6. The Bertz CT molecular complexity index is 439. The number of halogens is 1. The molecule has 2 atom stereocenters. The van der Waals surface area contributed by atoms with Crippen LogP contribution in [0.25, 0.3) is 0 Å². The van der Waals surface area contributed by atoms with Gasteiger partial charge in [-0.25, -0.2) is 4.39 Å². The van der Waals surface area contributed by atoms with E-state index in [-0.39, 0.29) is 30.2 Å². The fourth-order valence-corrected chi connectivity index (χ4v) is 1.65. The third-order valence-electron chi connectivity index (χ3n) is 2.65. The summed E-state index contributed by atoms with van der Waals surface area (Å²) in [5, 5.41) is 22.2. The SMILES string of the molecule is COc1cc(F)cc(C(O)C(O)CCNC(C)=O)c1. The molecular weight excluding hydrogens is 253 g/mol. The summed E-state index contributed by atoms with van der Waals surface area (Å²) in [5.74, 6) is -0.500. The molecule has 0 radical (unpaired) electrons. The highest BCUT2D eigenvalue weighted by Gasteiger charge is 2.19. The monoisotopic (exact) mass is 271 g/mol. The number of hydrogen-bond donors (Lipinski definition) is 3. The Morgan fingerprint density at radius 2 is 2.11 bits per heavy atom. The quantitative estimate of drug-likeness (QED) is 0.713. The lowest BCUT2D eigenvalue weighted by Crippen LogP contribution is -2.27. The van der Waals surface area contributed by atoms with Crippen LogP contribution in [0.3, 0.4) is 0 Å². The third-order valence-corrected chi connectivity index (χ3v) is 2.65. The van der Waals surface area contributed by atoms with Crippen molar-refractivity contribution in [2.45, 2.75) is 25.6 Å². The Labute approximate surface area is 111 Å². The average molecular weight is 271 g/mol. The molecule has 106 valence electrons. The van der Waals surface area contributed by atoms with Crippen molar-refractivity contribution in [3.63, 3.8) is 0 Å². The van der Waals surface area contributed by atoms with Crippen LogP contribution in [-0.2, 0) is 4.79 Å². The van der Waals surface area contributed by atoms with E-state index < -0.39 is 18.0 Å². The molecule has 3 N–H and O–H groups in total. The van der Waals surface area contributed by atoms with Crippen LogP contribution in [0.5, 0.6) is 5.75 Å². The Kier molecular flexibility index (Phi) is 5.72. The minimum Gasteiger partial charge on any atom is -0.497 e. The second-order valence-corrected chi connectivity index (χ2v) is 4.21. The van der Waals surface area contributed by atoms with Crippen molar-refractivity contribution < 1.29 is 24.1 Å². The molecule has 0 aliphatic carbocycles. The number of amides is 1. The maximum absolute atomic E-state index is 13.3. The number of ether oxygens (including phenoxy) is 1. The second-order valence-electron chi connectivity index (χ2n) is 4.21. The summed E-state index contributed by atoms with van der Waals surface area (Å²) < 4.78 is 18.2. The number of benzene rings is 1. The third kappa shape index (κ3) is 4.84. The van der Waals surface area contributed by atoms with Crippen molar-refractivity contribution in [1.29, 1.82) is 0 Å². The number of aliphatic hydroxyl groups excluding tert-OH is 2. The summed E-state index contributed by atoms with van der Waals surface area (Å²) in [4.78, 5) is 10.7. The zero-order chi connectivity index (χ0) is 14.4. The highest BCUT2D eigenvalue weighted by molar-refractivity contribution is 5.72. The molecular formula is C13H18FNO4. The van der Waals surface area contributed by atoms with E-state index in [1.807, 2.05) is 0 Å². The normalized spacial score (nSPS) is 13.7. The van der Waals surface area contributed by atoms with E-state index in [2.05, 4.69) is 5.32 Å². The highest BCUT2D eigenvalue weighted by Crippen LogP contribution is 2.24. The van der Waals surface area contributed by atoms with Gasteiger partial charge in [-0.05, 0) is 24.1 Å². The van der Waals surface area contributed by atoms with Gasteiger partial charge in [0.2, 0.25) is 5.91 Å². The molecule has 19 heavy (non-hydrogen) atoms. The van der Waals surface area contributed by atoms with Gasteiger partial charge in [0.25, 0.3) is 0 Å². The molecule has 1 amide bonds. The first kappa shape index (κ1) is 15.4. The van der Waals surface area contributed by atoms with Gasteiger partial charge in [-0.2, -0.15) is 0 Å². The van der Waals surface area contributed by atoms with Gasteiger partial charge in [0.05, 0.1) is 13.2 Å². The van der Waals surface area contributed by atoms with E-state index in [0.29, 0.717) is 0 Å². The second kappa shape index (κ2) is 7.06. The van der Waals surface area contributed by atoms with Gasteiger partial charge >= 0.3 is 0 Å². The van der Waals surface area contributed by atoms with E-state index in [9.17, 15) is 19.4 Å². The van der Waals surface area contributed by atoms with Crippen molar-refractivity contribution >= 4 is 5.91 Å². The maximum atomic E-state index is 13.3. The van der Waals surface area contributed by atoms with Gasteiger partial charge in [-0.3, -0.25) is 4.79 Å². The van der Waals surface area contributed by atoms with Crippen molar-refractivity contribution in [2.75, 3.05) is 13.7 Å². The van der Waals surface area contributed by atoms with Crippen molar-refractivity contribution in [2.24, 2.45) is 0 Å². The van der Waals surface area contributed by atoms with Gasteiger partial charge in [-0.15, -0.1) is 0 Å². The van der Waals surface area contributed by atoms with Crippen molar-refractivity contribution in [3.05, 3.63) is 29.6 Å². The lowest BCUT2D eigenvalue weighted by Gasteiger charge is -2.19. The molecule has 0 heterocycles. The van der Waals surface area contributed by atoms with E-state index in [1.165, 1.54) is 26.2 Å². The molecule has 0 aromatic heterocycles. The minimum absolute atomic E-state index is 0.166. The van der Waals surface area contributed by atoms with Crippen molar-refractivity contribution in [3.8, 4) is 5.75 Å². The first-order valence-corrected chi connectivity index (χ1v) is 5.89. The summed E-state index contributed by atoms with van der Waals surface area (Å²) in [6.07, 6.45) is -2.17. The molecule has 0 fully saturated rings. The lowest BCUT2D eigenvalue weighted by molar-refractivity contribution is -0.119. The number of hydrogen-bond acceptors (Lipinski definition) is 4. The molecule has 0 saturated carbocycles. The first-order valence-electron chi connectivity index (χ1n) is 5.89. The van der Waals surface area contributed by atoms with Crippen LogP contribution in [0.1, 0.15) is 25.0 Å². The molecule has 0 saturated heterocycles. The predicted molar refractivity (Wildman–Crippen MR) is 67.2 cm³/mol. The standard InChI is InChI=1S/C13H18FNO4/c1-8(16)15-4-3-12(17)13(18)9-5-10(14)7-11(6-9)19-2/h5-7,12-13,17-18H,3-4H2,1-2H3,(H,15,16). The van der Waals surface area contributed by atoms with Crippen LogP contribution in [0.2, 0.25) is 0 Å². The molecule has 2 unspecified atom stereocenters. The zero-order valence-electron chi connectivity index (χ0n) is 10.9. The molecule has 5 nitrogen and oxygen atoms in total. The Hall–Kier alpha value is -1.66. The van der Waals surface area contributed by atoms with Crippen LogP contribution in [0.4, 0.5) is 4.39 Å². The summed E-state index contributed by atoms with van der Waals surface area (Å²) in [7, 11) is 1.39. The zero-order valence-corrected chi connectivity index (χ0v) is 10.9. The topological polar surface area (TPSA) is 78.8 Å². The van der Waals surface area contributed by atoms with Gasteiger partial charge in [-0.1, -0.05) is 0 Å². The molecule has 0 bridgehead atoms. The van der Waals surface area contributed by atoms with Crippen LogP contribution in [-0.4, -0.2) is 35.9 Å². The van der Waals surface area contributed by atoms with Gasteiger partial charge in [0.15, 0.2) is 0 Å². The number of methoxy groups -OCH3 is 1. The van der Waals surface area contributed by atoms with E-state index in [1.54, 1.807) is 0 Å². The fraction of sp³-hybridized carbons (Fsp3) is 0.462. The summed E-state index contributed by atoms with van der Waals surface area (Å²) in [5.41, 5.74) is 0.229. The van der Waals surface area contributed by atoms with Crippen LogP contribution >= 0.6 is 0 Å². The van der Waals surface area contributed by atoms with E-state index in [0.717, 1.165) is 6.07 Å². The predicted octanol–water partition coefficient (Wildman–Crippen LogP) is 0.755. The van der Waals surface area contributed by atoms with Crippen LogP contribution < -0.4 is 10.1 Å². The number of aliphatic hydroxyl groups is 2. The molecule has 1 aromatic rings. The van der Waals surface area contributed by atoms with Crippen molar-refractivity contribution in [1.82, 2.24) is 5.32 Å². The summed E-state index contributed by atoms with van der Waals surface area (Å²) in [6, 6.07) is 3.77. The maximum Gasteiger partial charge on any atom is 0.216 e.